The van der Waals surface area contributed by atoms with Gasteiger partial charge in [0.05, 0.1) is 42.5 Å². The van der Waals surface area contributed by atoms with Gasteiger partial charge in [0.25, 0.3) is 5.91 Å². The molecular weight excluding hydrogens is 652 g/mol. The number of nitrogens with one attached hydrogen (secondary N) is 1. The summed E-state index contributed by atoms with van der Waals surface area (Å²) in [5.41, 5.74) is 2.51. The summed E-state index contributed by atoms with van der Waals surface area (Å²) in [4.78, 5) is 34.7. The highest BCUT2D eigenvalue weighted by Crippen LogP contribution is 2.64. The van der Waals surface area contributed by atoms with Crippen molar-refractivity contribution in [2.75, 3.05) is 11.4 Å². The maximum atomic E-state index is 14.4. The molecule has 1 amide bonds. The fourth-order valence-electron chi connectivity index (χ4n) is 7.31. The van der Waals surface area contributed by atoms with Crippen LogP contribution in [0.1, 0.15) is 61.0 Å². The van der Waals surface area contributed by atoms with Gasteiger partial charge in [0, 0.05) is 39.3 Å². The number of aromatic nitrogens is 1. The van der Waals surface area contributed by atoms with Crippen molar-refractivity contribution in [3.8, 4) is 0 Å². The van der Waals surface area contributed by atoms with Gasteiger partial charge in [-0.15, -0.1) is 0 Å². The SMILES string of the molecule is BC1(B)N(c2nc3ccc(Br)cc3c(C(=O)NCC(CCC(=O)OC(C)(C)C)c3ccccc3Cl)c2C)C(B)(B)C(B)(B)C1(B)B. The van der Waals surface area contributed by atoms with Crippen molar-refractivity contribution in [3.05, 3.63) is 68.7 Å². The summed E-state index contributed by atoms with van der Waals surface area (Å²) < 4.78 is 6.45. The third kappa shape index (κ3) is 6.49. The first-order valence-electron chi connectivity index (χ1n) is 16.2. The minimum atomic E-state index is -0.569. The lowest BCUT2D eigenvalue weighted by Gasteiger charge is -2.47. The van der Waals surface area contributed by atoms with E-state index in [0.29, 0.717) is 23.6 Å². The van der Waals surface area contributed by atoms with E-state index in [4.69, 9.17) is 21.3 Å². The summed E-state index contributed by atoms with van der Waals surface area (Å²) in [7, 11) is 18.5. The molecule has 1 atom stereocenters. The molecule has 1 aliphatic rings. The Morgan fingerprint density at radius 2 is 1.59 bits per heavy atom. The Hall–Kier alpha value is -2.12. The van der Waals surface area contributed by atoms with Crippen molar-refractivity contribution in [3.63, 3.8) is 0 Å². The average Bonchev–Trinajstić information content (AvgIpc) is 2.99. The minimum absolute atomic E-state index is 0.0783. The van der Waals surface area contributed by atoms with Crippen LogP contribution in [0.5, 0.6) is 0 Å². The Bertz CT molecular complexity index is 1660. The highest BCUT2D eigenvalue weighted by Gasteiger charge is 2.65. The summed E-state index contributed by atoms with van der Waals surface area (Å²) in [6, 6.07) is 13.5. The zero-order valence-corrected chi connectivity index (χ0v) is 32.0. The molecule has 2 aromatic carbocycles. The Balaban J connectivity index is 1.77. The highest BCUT2D eigenvalue weighted by atomic mass is 79.9. The number of carbonyl (C=O) groups excluding carboxylic acids is 2. The van der Waals surface area contributed by atoms with Crippen LogP contribution in [0.3, 0.4) is 0 Å². The molecule has 0 spiro atoms. The van der Waals surface area contributed by atoms with Crippen molar-refractivity contribution in [2.24, 2.45) is 0 Å². The largest absolute Gasteiger partial charge is 0.460 e. The van der Waals surface area contributed by atoms with Crippen molar-refractivity contribution in [1.29, 1.82) is 0 Å². The van der Waals surface area contributed by atoms with Gasteiger partial charge in [0.2, 0.25) is 0 Å². The summed E-state index contributed by atoms with van der Waals surface area (Å²) >= 11 is 10.3. The van der Waals surface area contributed by atoms with Crippen LogP contribution in [-0.2, 0) is 9.53 Å². The number of carbonyl (C=O) groups is 2. The van der Waals surface area contributed by atoms with E-state index in [1.54, 1.807) is 0 Å². The van der Waals surface area contributed by atoms with Crippen molar-refractivity contribution >= 4 is 119 Å². The lowest BCUT2D eigenvalue weighted by atomic mass is 9.17. The number of anilines is 1. The van der Waals surface area contributed by atoms with Gasteiger partial charge >= 0.3 is 5.97 Å². The fraction of sp³-hybridized carbons (Fsp3) is 0.433. The topological polar surface area (TPSA) is 71.5 Å². The van der Waals surface area contributed by atoms with Gasteiger partial charge in [0.15, 0.2) is 0 Å². The normalized spacial score (nSPS) is 18.6. The number of amides is 1. The monoisotopic (exact) mass is 695 g/mol. The average molecular weight is 696 g/mol. The second-order valence-electron chi connectivity index (χ2n) is 15.9. The molecule has 0 saturated carbocycles. The van der Waals surface area contributed by atoms with Crippen molar-refractivity contribution < 1.29 is 14.3 Å². The lowest BCUT2D eigenvalue weighted by molar-refractivity contribution is -0.155. The van der Waals surface area contributed by atoms with Gasteiger partial charge in [-0.2, -0.15) is 0 Å². The molecule has 1 aromatic heterocycles. The Morgan fingerprint density at radius 3 is 2.15 bits per heavy atom. The van der Waals surface area contributed by atoms with Crippen LogP contribution in [0, 0.1) is 6.92 Å². The maximum absolute atomic E-state index is 14.4. The number of esters is 1. The Labute approximate surface area is 295 Å². The number of hydrogen-bond acceptors (Lipinski definition) is 5. The van der Waals surface area contributed by atoms with Crippen LogP contribution >= 0.6 is 27.5 Å². The molecule has 6 nitrogen and oxygen atoms in total. The summed E-state index contributed by atoms with van der Waals surface area (Å²) in [5, 5.41) is 3.91. The van der Waals surface area contributed by atoms with E-state index in [2.05, 4.69) is 88.9 Å². The molecular formula is C30H43B8BrClN3O3. The third-order valence-corrected chi connectivity index (χ3v) is 12.2. The number of nitrogens with zero attached hydrogens (tertiary/aromatic N) is 2. The van der Waals surface area contributed by atoms with E-state index < -0.39 is 5.60 Å². The van der Waals surface area contributed by atoms with E-state index in [1.165, 1.54) is 0 Å². The molecule has 16 heteroatoms. The molecule has 1 fully saturated rings. The number of pyridine rings is 1. The van der Waals surface area contributed by atoms with Crippen LogP contribution in [0.25, 0.3) is 10.9 Å². The van der Waals surface area contributed by atoms with E-state index in [9.17, 15) is 9.59 Å². The maximum Gasteiger partial charge on any atom is 0.306 e. The number of fused-ring (bicyclic) bond motifs is 1. The summed E-state index contributed by atoms with van der Waals surface area (Å²) in [6.45, 7) is 7.89. The lowest BCUT2D eigenvalue weighted by Crippen LogP contribution is -2.60. The van der Waals surface area contributed by atoms with Crippen LogP contribution in [0.15, 0.2) is 46.9 Å². The number of ether oxygens (including phenoxy) is 1. The van der Waals surface area contributed by atoms with E-state index >= 15 is 0 Å². The molecule has 0 bridgehead atoms. The summed E-state index contributed by atoms with van der Waals surface area (Å²) in [6.07, 6.45) is 0.689. The molecule has 234 valence electrons. The number of hydrogen-bond donors (Lipinski definition) is 1. The standard InChI is InChI=1S/C30H43B8BrClN3O3/c1-15-23(25(45)41-14-16(18-7-5-6-8-20(18)40)9-12-22(44)46-26(2,3)4)19-13-17(39)10-11-21(19)42-24(15)43-29(35,36)27(31,32)28(33,34)30(43,37)38/h5-8,10-11,13,16H,9,12,14,31-38H2,1-4H3,(H,41,45). The molecule has 0 aliphatic carbocycles. The van der Waals surface area contributed by atoms with Gasteiger partial charge in [-0.05, 0) is 74.6 Å². The van der Waals surface area contributed by atoms with Crippen molar-refractivity contribution in [2.45, 2.75) is 73.2 Å². The smallest absolute Gasteiger partial charge is 0.306 e. The highest BCUT2D eigenvalue weighted by molar-refractivity contribution is 9.10. The fourth-order valence-corrected chi connectivity index (χ4v) is 7.96. The first kappa shape index (κ1) is 36.7. The third-order valence-electron chi connectivity index (χ3n) is 11.3. The first-order valence-corrected chi connectivity index (χ1v) is 17.4. The molecule has 3 aromatic rings. The van der Waals surface area contributed by atoms with Crippen LogP contribution in [0.4, 0.5) is 5.82 Å². The Kier molecular flexibility index (Phi) is 10.2. The van der Waals surface area contributed by atoms with Crippen molar-refractivity contribution in [1.82, 2.24) is 10.3 Å². The Morgan fingerprint density at radius 1 is 1.00 bits per heavy atom. The predicted molar refractivity (Wildman–Crippen MR) is 217 cm³/mol. The second kappa shape index (κ2) is 12.7. The zero-order valence-electron chi connectivity index (χ0n) is 29.6. The van der Waals surface area contributed by atoms with E-state index in [0.717, 1.165) is 32.3 Å². The molecule has 0 radical (unpaired) electrons. The van der Waals surface area contributed by atoms with Gasteiger partial charge in [-0.3, -0.25) is 9.59 Å². The molecule has 2 heterocycles. The van der Waals surface area contributed by atoms with Crippen LogP contribution in [0.2, 0.25) is 15.5 Å². The number of halogens is 2. The molecule has 1 N–H and O–H groups in total. The van der Waals surface area contributed by atoms with Crippen LogP contribution < -0.4 is 10.2 Å². The molecule has 1 aliphatic heterocycles. The quantitative estimate of drug-likeness (QED) is 0.243. The van der Waals surface area contributed by atoms with Crippen LogP contribution in [-0.4, -0.2) is 102 Å². The van der Waals surface area contributed by atoms with E-state index in [1.807, 2.05) is 70.2 Å². The predicted octanol–water partition coefficient (Wildman–Crippen LogP) is -0.981. The molecule has 46 heavy (non-hydrogen) atoms. The van der Waals surface area contributed by atoms with Gasteiger partial charge in [-0.1, -0.05) is 56.2 Å². The summed E-state index contributed by atoms with van der Waals surface area (Å²) in [5.74, 6) is 0.166. The molecule has 4 rings (SSSR count). The number of benzene rings is 2. The molecule has 1 unspecified atom stereocenters. The minimum Gasteiger partial charge on any atom is -0.460 e. The van der Waals surface area contributed by atoms with Gasteiger partial charge < -0.3 is 15.0 Å². The molecule has 1 saturated heterocycles. The second-order valence-corrected chi connectivity index (χ2v) is 17.2. The first-order chi connectivity index (χ1) is 21.0. The van der Waals surface area contributed by atoms with E-state index in [-0.39, 0.29) is 45.3 Å². The van der Waals surface area contributed by atoms with Gasteiger partial charge in [0.1, 0.15) is 42.8 Å². The van der Waals surface area contributed by atoms with Gasteiger partial charge in [-0.25, -0.2) is 4.98 Å². The number of rotatable bonds is 8. The zero-order chi connectivity index (χ0) is 34.6.